The standard InChI is InChI=1S/C13H21IOSi/c1-10-7-8-11(14)12(9-10)15-16(5,6)13(2,3)4/h7-9H,1-6H3. The fourth-order valence-corrected chi connectivity index (χ4v) is 2.79. The zero-order valence-electron chi connectivity index (χ0n) is 11.0. The van der Waals surface area contributed by atoms with E-state index in [1.807, 2.05) is 0 Å². The summed E-state index contributed by atoms with van der Waals surface area (Å²) in [6.07, 6.45) is 0. The Hall–Kier alpha value is -0.0331. The van der Waals surface area contributed by atoms with Crippen molar-refractivity contribution in [1.82, 2.24) is 0 Å². The van der Waals surface area contributed by atoms with Gasteiger partial charge in [-0.15, -0.1) is 0 Å². The average molecular weight is 348 g/mol. The summed E-state index contributed by atoms with van der Waals surface area (Å²) in [5.41, 5.74) is 1.26. The summed E-state index contributed by atoms with van der Waals surface area (Å²) < 4.78 is 7.51. The molecule has 0 heterocycles. The van der Waals surface area contributed by atoms with Crippen molar-refractivity contribution in [1.29, 1.82) is 0 Å². The van der Waals surface area contributed by atoms with Crippen molar-refractivity contribution in [3.63, 3.8) is 0 Å². The van der Waals surface area contributed by atoms with E-state index < -0.39 is 8.32 Å². The van der Waals surface area contributed by atoms with Gasteiger partial charge in [0, 0.05) is 0 Å². The molecule has 16 heavy (non-hydrogen) atoms. The van der Waals surface area contributed by atoms with E-state index in [2.05, 4.69) is 81.6 Å². The summed E-state index contributed by atoms with van der Waals surface area (Å²) in [4.78, 5) is 0. The molecule has 1 rings (SSSR count). The summed E-state index contributed by atoms with van der Waals surface area (Å²) in [5, 5.41) is 0.250. The van der Waals surface area contributed by atoms with Gasteiger partial charge in [-0.3, -0.25) is 0 Å². The Morgan fingerprint density at radius 2 is 1.75 bits per heavy atom. The van der Waals surface area contributed by atoms with Gasteiger partial charge in [-0.1, -0.05) is 26.8 Å². The third-order valence-electron chi connectivity index (χ3n) is 3.26. The average Bonchev–Trinajstić information content (AvgIpc) is 2.09. The van der Waals surface area contributed by atoms with E-state index in [0.717, 1.165) is 5.75 Å². The van der Waals surface area contributed by atoms with Crippen LogP contribution in [0.1, 0.15) is 26.3 Å². The van der Waals surface area contributed by atoms with Crippen LogP contribution < -0.4 is 4.43 Å². The van der Waals surface area contributed by atoms with Gasteiger partial charge in [0.05, 0.1) is 3.57 Å². The minimum atomic E-state index is -1.70. The summed E-state index contributed by atoms with van der Waals surface area (Å²) in [5.74, 6) is 1.05. The predicted octanol–water partition coefficient (Wildman–Crippen LogP) is 4.98. The van der Waals surface area contributed by atoms with Crippen molar-refractivity contribution in [2.45, 2.75) is 45.8 Å². The Morgan fingerprint density at radius 1 is 1.19 bits per heavy atom. The second-order valence-corrected chi connectivity index (χ2v) is 11.7. The molecule has 0 bridgehead atoms. The van der Waals surface area contributed by atoms with Crippen molar-refractivity contribution in [3.05, 3.63) is 27.3 Å². The lowest BCUT2D eigenvalue weighted by Crippen LogP contribution is -2.44. The second kappa shape index (κ2) is 4.68. The van der Waals surface area contributed by atoms with Crippen molar-refractivity contribution in [2.75, 3.05) is 0 Å². The SMILES string of the molecule is Cc1ccc(I)c(O[Si](C)(C)C(C)(C)C)c1. The first kappa shape index (κ1) is 14.0. The van der Waals surface area contributed by atoms with E-state index in [1.165, 1.54) is 9.13 Å². The van der Waals surface area contributed by atoms with Crippen LogP contribution in [-0.4, -0.2) is 8.32 Å². The summed E-state index contributed by atoms with van der Waals surface area (Å²) in [6.45, 7) is 13.5. The molecule has 0 aliphatic heterocycles. The Labute approximate surface area is 114 Å². The summed E-state index contributed by atoms with van der Waals surface area (Å²) in [7, 11) is -1.70. The highest BCUT2D eigenvalue weighted by Crippen LogP contribution is 2.38. The number of rotatable bonds is 2. The monoisotopic (exact) mass is 348 g/mol. The smallest absolute Gasteiger partial charge is 0.250 e. The van der Waals surface area contributed by atoms with Crippen molar-refractivity contribution >= 4 is 30.9 Å². The van der Waals surface area contributed by atoms with E-state index in [4.69, 9.17) is 4.43 Å². The third kappa shape index (κ3) is 3.23. The van der Waals surface area contributed by atoms with Gasteiger partial charge < -0.3 is 4.43 Å². The summed E-state index contributed by atoms with van der Waals surface area (Å²) in [6, 6.07) is 6.39. The molecular formula is C13H21IOSi. The van der Waals surface area contributed by atoms with Crippen LogP contribution in [0.25, 0.3) is 0 Å². The molecule has 0 spiro atoms. The molecule has 0 amide bonds. The Balaban J connectivity index is 3.01. The van der Waals surface area contributed by atoms with Crippen LogP contribution in [0.2, 0.25) is 18.1 Å². The van der Waals surface area contributed by atoms with Crippen molar-refractivity contribution in [2.24, 2.45) is 0 Å². The number of hydrogen-bond donors (Lipinski definition) is 0. The molecule has 0 aliphatic rings. The first-order valence-electron chi connectivity index (χ1n) is 5.59. The van der Waals surface area contributed by atoms with Gasteiger partial charge in [0.1, 0.15) is 5.75 Å². The molecule has 90 valence electrons. The minimum absolute atomic E-state index is 0.250. The number of halogens is 1. The van der Waals surface area contributed by atoms with Crippen molar-refractivity contribution < 1.29 is 4.43 Å². The van der Waals surface area contributed by atoms with E-state index in [9.17, 15) is 0 Å². The normalized spacial score (nSPS) is 12.7. The highest BCUT2D eigenvalue weighted by atomic mass is 127. The van der Waals surface area contributed by atoms with Crippen LogP contribution in [0.3, 0.4) is 0 Å². The molecular weight excluding hydrogens is 327 g/mol. The quantitative estimate of drug-likeness (QED) is 0.541. The summed E-state index contributed by atoms with van der Waals surface area (Å²) >= 11 is 2.34. The first-order chi connectivity index (χ1) is 7.13. The van der Waals surface area contributed by atoms with Gasteiger partial charge in [0.25, 0.3) is 8.32 Å². The van der Waals surface area contributed by atoms with Crippen molar-refractivity contribution in [3.8, 4) is 5.75 Å². The largest absolute Gasteiger partial charge is 0.543 e. The second-order valence-electron chi connectivity index (χ2n) is 5.80. The highest BCUT2D eigenvalue weighted by Gasteiger charge is 2.39. The van der Waals surface area contributed by atoms with Crippen LogP contribution in [0, 0.1) is 10.5 Å². The van der Waals surface area contributed by atoms with E-state index in [1.54, 1.807) is 0 Å². The van der Waals surface area contributed by atoms with Crippen LogP contribution in [-0.2, 0) is 0 Å². The molecule has 1 nitrogen and oxygen atoms in total. The predicted molar refractivity (Wildman–Crippen MR) is 81.7 cm³/mol. The lowest BCUT2D eigenvalue weighted by Gasteiger charge is -2.36. The maximum Gasteiger partial charge on any atom is 0.250 e. The Bertz CT molecular complexity index is 380. The third-order valence-corrected chi connectivity index (χ3v) is 8.49. The van der Waals surface area contributed by atoms with Crippen LogP contribution >= 0.6 is 22.6 Å². The van der Waals surface area contributed by atoms with E-state index >= 15 is 0 Å². The molecule has 0 aliphatic carbocycles. The maximum atomic E-state index is 6.31. The lowest BCUT2D eigenvalue weighted by atomic mass is 10.2. The van der Waals surface area contributed by atoms with Gasteiger partial charge in [-0.25, -0.2) is 0 Å². The molecule has 3 heteroatoms. The van der Waals surface area contributed by atoms with Crippen LogP contribution in [0.5, 0.6) is 5.75 Å². The Morgan fingerprint density at radius 3 is 2.25 bits per heavy atom. The van der Waals surface area contributed by atoms with Gasteiger partial charge in [0.15, 0.2) is 0 Å². The zero-order valence-corrected chi connectivity index (χ0v) is 14.2. The van der Waals surface area contributed by atoms with Gasteiger partial charge in [-0.05, 0) is 65.3 Å². The number of aryl methyl sites for hydroxylation is 1. The van der Waals surface area contributed by atoms with Crippen LogP contribution in [0.4, 0.5) is 0 Å². The van der Waals surface area contributed by atoms with Gasteiger partial charge in [-0.2, -0.15) is 0 Å². The molecule has 0 aromatic heterocycles. The molecule has 1 aromatic carbocycles. The minimum Gasteiger partial charge on any atom is -0.543 e. The maximum absolute atomic E-state index is 6.31. The molecule has 0 radical (unpaired) electrons. The van der Waals surface area contributed by atoms with E-state index in [0.29, 0.717) is 0 Å². The van der Waals surface area contributed by atoms with Crippen LogP contribution in [0.15, 0.2) is 18.2 Å². The van der Waals surface area contributed by atoms with Gasteiger partial charge >= 0.3 is 0 Å². The highest BCUT2D eigenvalue weighted by molar-refractivity contribution is 14.1. The molecule has 0 N–H and O–H groups in total. The number of benzene rings is 1. The molecule has 0 atom stereocenters. The zero-order chi connectivity index (χ0) is 12.6. The first-order valence-corrected chi connectivity index (χ1v) is 9.57. The molecule has 1 aromatic rings. The molecule has 0 saturated carbocycles. The lowest BCUT2D eigenvalue weighted by molar-refractivity contribution is 0.489. The molecule has 0 fully saturated rings. The topological polar surface area (TPSA) is 9.23 Å². The van der Waals surface area contributed by atoms with Gasteiger partial charge in [0.2, 0.25) is 0 Å². The Kier molecular flexibility index (Phi) is 4.11. The number of hydrogen-bond acceptors (Lipinski definition) is 1. The molecule has 0 unspecified atom stereocenters. The molecule has 0 saturated heterocycles. The fourth-order valence-electron chi connectivity index (χ4n) is 1.12. The fraction of sp³-hybridized carbons (Fsp3) is 0.538. The van der Waals surface area contributed by atoms with E-state index in [-0.39, 0.29) is 5.04 Å².